The van der Waals surface area contributed by atoms with E-state index in [9.17, 15) is 13.2 Å². The molecular weight excluding hydrogens is 424 g/mol. The number of carbonyl (C=O) groups excluding carboxylic acids is 1. The zero-order valence-corrected chi connectivity index (χ0v) is 18.0. The molecule has 0 spiro atoms. The minimum Gasteiger partial charge on any atom is -0.497 e. The van der Waals surface area contributed by atoms with E-state index in [0.29, 0.717) is 23.4 Å². The third-order valence-corrected chi connectivity index (χ3v) is 6.48. The van der Waals surface area contributed by atoms with Gasteiger partial charge >= 0.3 is 0 Å². The fraction of sp³-hybridized carbons (Fsp3) is 0.150. The van der Waals surface area contributed by atoms with Gasteiger partial charge in [-0.2, -0.15) is 0 Å². The number of anilines is 2. The van der Waals surface area contributed by atoms with Crippen LogP contribution < -0.4 is 14.8 Å². The van der Waals surface area contributed by atoms with Crippen molar-refractivity contribution in [3.63, 3.8) is 0 Å². The summed E-state index contributed by atoms with van der Waals surface area (Å²) in [4.78, 5) is 12.2. The monoisotopic (exact) mass is 444 g/mol. The smallest absolute Gasteiger partial charge is 0.263 e. The van der Waals surface area contributed by atoms with Crippen LogP contribution in [-0.4, -0.2) is 31.5 Å². The molecule has 0 saturated heterocycles. The average Bonchev–Trinajstić information content (AvgIpc) is 3.21. The molecule has 156 valence electrons. The van der Waals surface area contributed by atoms with Crippen molar-refractivity contribution in [1.29, 1.82) is 0 Å². The third kappa shape index (κ3) is 5.43. The lowest BCUT2D eigenvalue weighted by Gasteiger charge is -2.06. The Hall–Kier alpha value is -3.24. The predicted octanol–water partition coefficient (Wildman–Crippen LogP) is 3.72. The maximum absolute atomic E-state index is 12.5. The van der Waals surface area contributed by atoms with E-state index < -0.39 is 10.0 Å². The van der Waals surface area contributed by atoms with Crippen molar-refractivity contribution in [2.75, 3.05) is 17.1 Å². The number of aryl methyl sites for hydroxylation is 1. The summed E-state index contributed by atoms with van der Waals surface area (Å²) < 4.78 is 32.4. The Morgan fingerprint density at radius 1 is 1.10 bits per heavy atom. The maximum atomic E-state index is 12.5. The van der Waals surface area contributed by atoms with Gasteiger partial charge < -0.3 is 10.1 Å². The van der Waals surface area contributed by atoms with Crippen molar-refractivity contribution in [2.24, 2.45) is 0 Å². The van der Waals surface area contributed by atoms with Crippen LogP contribution in [0, 0.1) is 0 Å². The summed E-state index contributed by atoms with van der Waals surface area (Å²) in [7, 11) is -2.19. The zero-order valence-electron chi connectivity index (χ0n) is 16.3. The first-order valence-electron chi connectivity index (χ1n) is 8.98. The molecule has 0 fully saturated rings. The van der Waals surface area contributed by atoms with E-state index >= 15 is 0 Å². The molecule has 1 aromatic heterocycles. The summed E-state index contributed by atoms with van der Waals surface area (Å²) in [5.74, 6) is 0.507. The normalized spacial score (nSPS) is 11.4. The highest BCUT2D eigenvalue weighted by molar-refractivity contribution is 7.93. The van der Waals surface area contributed by atoms with Crippen LogP contribution in [0.2, 0.25) is 0 Å². The second-order valence-electron chi connectivity index (χ2n) is 6.05. The average molecular weight is 445 g/mol. The quantitative estimate of drug-likeness (QED) is 0.382. The van der Waals surface area contributed by atoms with Crippen LogP contribution in [0.3, 0.4) is 0 Å². The molecular formula is C20H20N4O4S2. The van der Waals surface area contributed by atoms with Gasteiger partial charge in [-0.15, -0.1) is 10.2 Å². The highest BCUT2D eigenvalue weighted by atomic mass is 32.2. The summed E-state index contributed by atoms with van der Waals surface area (Å²) in [6.07, 6.45) is 3.59. The number of ketones is 1. The Kier molecular flexibility index (Phi) is 6.80. The Balaban J connectivity index is 1.60. The van der Waals surface area contributed by atoms with Gasteiger partial charge in [0.15, 0.2) is 5.78 Å². The van der Waals surface area contributed by atoms with Gasteiger partial charge in [-0.25, -0.2) is 8.42 Å². The van der Waals surface area contributed by atoms with Crippen LogP contribution in [0.25, 0.3) is 0 Å². The van der Waals surface area contributed by atoms with Gasteiger partial charge in [0.2, 0.25) is 5.13 Å². The molecule has 8 nitrogen and oxygen atoms in total. The van der Waals surface area contributed by atoms with Gasteiger partial charge in [0.25, 0.3) is 10.0 Å². The number of nitrogens with zero attached hydrogens (tertiary/aromatic N) is 2. The van der Waals surface area contributed by atoms with Gasteiger partial charge in [0.1, 0.15) is 10.8 Å². The van der Waals surface area contributed by atoms with Crippen LogP contribution in [0.5, 0.6) is 5.75 Å². The standard InChI is InChI=1S/C20H20N4O4S2/c1-3-19-22-23-20(29-19)24-30(26,27)17-10-6-15(7-11-17)21-13-12-18(25)14-4-8-16(28-2)9-5-14/h4-13,21H,3H2,1-2H3,(H,23,24)/b13-12+. The lowest BCUT2D eigenvalue weighted by atomic mass is 10.1. The summed E-state index contributed by atoms with van der Waals surface area (Å²) in [5, 5.41) is 11.6. The van der Waals surface area contributed by atoms with Gasteiger partial charge in [-0.05, 0) is 55.0 Å². The van der Waals surface area contributed by atoms with Crippen LogP contribution in [-0.2, 0) is 16.4 Å². The van der Waals surface area contributed by atoms with Gasteiger partial charge in [0.05, 0.1) is 12.0 Å². The molecule has 0 radical (unpaired) electrons. The van der Waals surface area contributed by atoms with Crippen molar-refractivity contribution in [1.82, 2.24) is 10.2 Å². The molecule has 0 bridgehead atoms. The van der Waals surface area contributed by atoms with Crippen molar-refractivity contribution < 1.29 is 17.9 Å². The Morgan fingerprint density at radius 3 is 2.40 bits per heavy atom. The number of rotatable bonds is 9. The zero-order chi connectivity index (χ0) is 21.6. The predicted molar refractivity (Wildman–Crippen MR) is 117 cm³/mol. The number of aromatic nitrogens is 2. The first kappa shape index (κ1) is 21.5. The SMILES string of the molecule is CCc1nnc(NS(=O)(=O)c2ccc(N/C=C/C(=O)c3ccc(OC)cc3)cc2)s1. The van der Waals surface area contributed by atoms with E-state index in [0.717, 1.165) is 5.01 Å². The molecule has 3 rings (SSSR count). The Labute approximate surface area is 178 Å². The minimum atomic E-state index is -3.75. The van der Waals surface area contributed by atoms with Gasteiger partial charge in [-0.3, -0.25) is 9.52 Å². The number of methoxy groups -OCH3 is 1. The van der Waals surface area contributed by atoms with Crippen molar-refractivity contribution in [2.45, 2.75) is 18.2 Å². The van der Waals surface area contributed by atoms with Crippen LogP contribution in [0.1, 0.15) is 22.3 Å². The molecule has 2 N–H and O–H groups in total. The first-order chi connectivity index (χ1) is 14.4. The molecule has 0 saturated carbocycles. The maximum Gasteiger partial charge on any atom is 0.263 e. The third-order valence-electron chi connectivity index (χ3n) is 4.01. The first-order valence-corrected chi connectivity index (χ1v) is 11.3. The number of sulfonamides is 1. The van der Waals surface area contributed by atoms with Gasteiger partial charge in [-0.1, -0.05) is 18.3 Å². The summed E-state index contributed by atoms with van der Waals surface area (Å²) in [5.41, 5.74) is 1.17. The van der Waals surface area contributed by atoms with Crippen molar-refractivity contribution in [3.8, 4) is 5.75 Å². The topological polar surface area (TPSA) is 110 Å². The summed E-state index contributed by atoms with van der Waals surface area (Å²) >= 11 is 1.20. The molecule has 0 atom stereocenters. The second kappa shape index (κ2) is 9.51. The lowest BCUT2D eigenvalue weighted by Crippen LogP contribution is -2.12. The fourth-order valence-corrected chi connectivity index (χ4v) is 4.32. The van der Waals surface area contributed by atoms with Crippen molar-refractivity contribution >= 4 is 38.0 Å². The molecule has 3 aromatic rings. The van der Waals surface area contributed by atoms with E-state index in [2.05, 4.69) is 20.2 Å². The molecule has 1 heterocycles. The molecule has 0 aliphatic heterocycles. The molecule has 0 aliphatic carbocycles. The van der Waals surface area contributed by atoms with E-state index in [1.54, 1.807) is 43.5 Å². The fourth-order valence-electron chi connectivity index (χ4n) is 2.41. The van der Waals surface area contributed by atoms with Gasteiger partial charge in [0, 0.05) is 23.5 Å². The van der Waals surface area contributed by atoms with Crippen LogP contribution in [0.4, 0.5) is 10.8 Å². The number of benzene rings is 2. The van der Waals surface area contributed by atoms with E-state index in [1.165, 1.54) is 35.7 Å². The van der Waals surface area contributed by atoms with Crippen LogP contribution in [0.15, 0.2) is 65.7 Å². The highest BCUT2D eigenvalue weighted by Gasteiger charge is 2.16. The number of hydrogen-bond donors (Lipinski definition) is 2. The molecule has 0 unspecified atom stereocenters. The molecule has 30 heavy (non-hydrogen) atoms. The molecule has 2 aromatic carbocycles. The molecule has 10 heteroatoms. The Bertz CT molecular complexity index is 1140. The molecule has 0 amide bonds. The summed E-state index contributed by atoms with van der Waals surface area (Å²) in [6.45, 7) is 1.92. The van der Waals surface area contributed by atoms with E-state index in [-0.39, 0.29) is 15.8 Å². The lowest BCUT2D eigenvalue weighted by molar-refractivity contribution is 0.104. The number of allylic oxidation sites excluding steroid dienone is 1. The van der Waals surface area contributed by atoms with E-state index in [1.807, 2.05) is 6.92 Å². The minimum absolute atomic E-state index is 0.0968. The number of carbonyl (C=O) groups is 1. The number of hydrogen-bond acceptors (Lipinski definition) is 8. The van der Waals surface area contributed by atoms with Crippen molar-refractivity contribution in [3.05, 3.63) is 71.4 Å². The second-order valence-corrected chi connectivity index (χ2v) is 8.80. The molecule has 0 aliphatic rings. The number of nitrogens with one attached hydrogen (secondary N) is 2. The Morgan fingerprint density at radius 2 is 1.80 bits per heavy atom. The largest absolute Gasteiger partial charge is 0.497 e. The summed E-state index contributed by atoms with van der Waals surface area (Å²) in [6, 6.07) is 12.9. The number of ether oxygens (including phenoxy) is 1. The highest BCUT2D eigenvalue weighted by Crippen LogP contribution is 2.21. The van der Waals surface area contributed by atoms with Crippen LogP contribution >= 0.6 is 11.3 Å². The van der Waals surface area contributed by atoms with E-state index in [4.69, 9.17) is 4.74 Å².